The van der Waals surface area contributed by atoms with E-state index in [0.29, 0.717) is 6.61 Å². The van der Waals surface area contributed by atoms with E-state index < -0.39 is 0 Å². The van der Waals surface area contributed by atoms with Gasteiger partial charge in [0.2, 0.25) is 0 Å². The highest BCUT2D eigenvalue weighted by molar-refractivity contribution is 7.99. The first-order chi connectivity index (χ1) is 6.29. The van der Waals surface area contributed by atoms with Crippen molar-refractivity contribution in [3.63, 3.8) is 0 Å². The molecule has 2 rings (SSSR count). The number of hydrogen-bond donors (Lipinski definition) is 0. The monoisotopic (exact) mass is 198 g/mol. The lowest BCUT2D eigenvalue weighted by Gasteiger charge is -2.35. The molecule has 0 amide bonds. The summed E-state index contributed by atoms with van der Waals surface area (Å²) < 4.78 is 8.01. The Hall–Kier alpha value is -0.480. The second kappa shape index (κ2) is 3.35. The van der Waals surface area contributed by atoms with Crippen LogP contribution in [0.4, 0.5) is 0 Å². The Labute approximate surface area is 82.5 Å². The Kier molecular flexibility index (Phi) is 2.34. The van der Waals surface area contributed by atoms with Gasteiger partial charge in [-0.3, -0.25) is 0 Å². The van der Waals surface area contributed by atoms with E-state index in [-0.39, 0.29) is 4.93 Å². The SMILES string of the molecule is CCC1(SC)Cn2ccnc2CO1. The normalized spacial score (nSPS) is 27.2. The molecule has 0 aromatic carbocycles. The second-order valence-corrected chi connectivity index (χ2v) is 4.38. The highest BCUT2D eigenvalue weighted by atomic mass is 32.2. The summed E-state index contributed by atoms with van der Waals surface area (Å²) in [6.07, 6.45) is 7.00. The maximum absolute atomic E-state index is 5.83. The summed E-state index contributed by atoms with van der Waals surface area (Å²) in [5, 5.41) is 0. The smallest absolute Gasteiger partial charge is 0.134 e. The van der Waals surface area contributed by atoms with E-state index in [4.69, 9.17) is 4.74 Å². The molecule has 1 aliphatic rings. The first-order valence-electron chi connectivity index (χ1n) is 4.49. The van der Waals surface area contributed by atoms with Crippen molar-refractivity contribution in [3.8, 4) is 0 Å². The maximum atomic E-state index is 5.83. The van der Waals surface area contributed by atoms with Crippen molar-refractivity contribution in [3.05, 3.63) is 18.2 Å². The van der Waals surface area contributed by atoms with Gasteiger partial charge in [0.15, 0.2) is 0 Å². The third kappa shape index (κ3) is 1.48. The number of hydrogen-bond acceptors (Lipinski definition) is 3. The van der Waals surface area contributed by atoms with Crippen molar-refractivity contribution in [2.75, 3.05) is 6.26 Å². The molecule has 0 saturated heterocycles. The lowest BCUT2D eigenvalue weighted by atomic mass is 10.2. The summed E-state index contributed by atoms with van der Waals surface area (Å²) in [7, 11) is 0. The van der Waals surface area contributed by atoms with Gasteiger partial charge in [-0.15, -0.1) is 11.8 Å². The molecule has 3 nitrogen and oxygen atoms in total. The van der Waals surface area contributed by atoms with Crippen LogP contribution >= 0.6 is 11.8 Å². The van der Waals surface area contributed by atoms with Crippen LogP contribution in [-0.4, -0.2) is 20.7 Å². The van der Waals surface area contributed by atoms with E-state index in [9.17, 15) is 0 Å². The zero-order valence-corrected chi connectivity index (χ0v) is 8.80. The second-order valence-electron chi connectivity index (χ2n) is 3.23. The van der Waals surface area contributed by atoms with Gasteiger partial charge in [-0.05, 0) is 12.7 Å². The number of ether oxygens (including phenoxy) is 1. The van der Waals surface area contributed by atoms with Gasteiger partial charge in [-0.2, -0.15) is 0 Å². The molecule has 1 unspecified atom stereocenters. The Morgan fingerprint density at radius 2 is 2.62 bits per heavy atom. The van der Waals surface area contributed by atoms with Crippen LogP contribution in [0, 0.1) is 0 Å². The summed E-state index contributed by atoms with van der Waals surface area (Å²) >= 11 is 1.79. The maximum Gasteiger partial charge on any atom is 0.134 e. The van der Waals surface area contributed by atoms with E-state index in [1.165, 1.54) is 0 Å². The van der Waals surface area contributed by atoms with E-state index in [0.717, 1.165) is 18.8 Å². The first kappa shape index (κ1) is 9.09. The van der Waals surface area contributed by atoms with Gasteiger partial charge >= 0.3 is 0 Å². The number of fused-ring (bicyclic) bond motifs is 1. The van der Waals surface area contributed by atoms with Crippen LogP contribution in [0.1, 0.15) is 19.2 Å². The molecule has 72 valence electrons. The van der Waals surface area contributed by atoms with Crippen LogP contribution < -0.4 is 0 Å². The fourth-order valence-electron chi connectivity index (χ4n) is 1.61. The molecule has 4 heteroatoms. The molecule has 1 aliphatic heterocycles. The van der Waals surface area contributed by atoms with Crippen LogP contribution in [0.15, 0.2) is 12.4 Å². The quantitative estimate of drug-likeness (QED) is 0.726. The van der Waals surface area contributed by atoms with Crippen LogP contribution in [0.5, 0.6) is 0 Å². The van der Waals surface area contributed by atoms with Crippen molar-refractivity contribution >= 4 is 11.8 Å². The Balaban J connectivity index is 2.24. The van der Waals surface area contributed by atoms with Gasteiger partial charge in [0.25, 0.3) is 0 Å². The molecule has 0 aliphatic carbocycles. The fraction of sp³-hybridized carbons (Fsp3) is 0.667. The van der Waals surface area contributed by atoms with Crippen LogP contribution in [0.3, 0.4) is 0 Å². The summed E-state index contributed by atoms with van der Waals surface area (Å²) in [6, 6.07) is 0. The summed E-state index contributed by atoms with van der Waals surface area (Å²) in [5.41, 5.74) is 0. The third-order valence-electron chi connectivity index (χ3n) is 2.59. The Morgan fingerprint density at radius 1 is 1.77 bits per heavy atom. The number of thioether (sulfide) groups is 1. The van der Waals surface area contributed by atoms with E-state index in [1.807, 2.05) is 12.4 Å². The minimum absolute atomic E-state index is 0.0340. The van der Waals surface area contributed by atoms with Crippen LogP contribution in [-0.2, 0) is 17.9 Å². The molecule has 0 fully saturated rings. The zero-order valence-electron chi connectivity index (χ0n) is 7.99. The third-order valence-corrected chi connectivity index (χ3v) is 3.87. The molecule has 0 radical (unpaired) electrons. The van der Waals surface area contributed by atoms with Gasteiger partial charge in [0.05, 0.1) is 6.54 Å². The largest absolute Gasteiger partial charge is 0.355 e. The van der Waals surface area contributed by atoms with Crippen molar-refractivity contribution < 1.29 is 4.74 Å². The van der Waals surface area contributed by atoms with Crippen LogP contribution in [0.25, 0.3) is 0 Å². The molecule has 0 spiro atoms. The topological polar surface area (TPSA) is 27.1 Å². The van der Waals surface area contributed by atoms with E-state index >= 15 is 0 Å². The minimum atomic E-state index is -0.0340. The lowest BCUT2D eigenvalue weighted by Crippen LogP contribution is -2.37. The Bertz CT molecular complexity index is 294. The summed E-state index contributed by atoms with van der Waals surface area (Å²) in [6.45, 7) is 3.72. The fourth-order valence-corrected chi connectivity index (χ4v) is 2.34. The molecule has 2 heterocycles. The molecule has 1 atom stereocenters. The minimum Gasteiger partial charge on any atom is -0.355 e. The van der Waals surface area contributed by atoms with Gasteiger partial charge < -0.3 is 9.30 Å². The molecule has 0 N–H and O–H groups in total. The van der Waals surface area contributed by atoms with E-state index in [1.54, 1.807) is 11.8 Å². The predicted molar refractivity (Wildman–Crippen MR) is 53.6 cm³/mol. The highest BCUT2D eigenvalue weighted by Gasteiger charge is 2.33. The van der Waals surface area contributed by atoms with Crippen molar-refractivity contribution in [2.45, 2.75) is 31.4 Å². The first-order valence-corrected chi connectivity index (χ1v) is 5.71. The average Bonchev–Trinajstić information content (AvgIpc) is 2.64. The Morgan fingerprint density at radius 3 is 3.31 bits per heavy atom. The number of nitrogens with zero attached hydrogens (tertiary/aromatic N) is 2. The van der Waals surface area contributed by atoms with Crippen molar-refractivity contribution in [2.24, 2.45) is 0 Å². The van der Waals surface area contributed by atoms with Gasteiger partial charge in [-0.1, -0.05) is 6.92 Å². The molecule has 1 aromatic rings. The molecular formula is C9H14N2OS. The van der Waals surface area contributed by atoms with Gasteiger partial charge in [0.1, 0.15) is 17.4 Å². The zero-order chi connectivity index (χ0) is 9.31. The summed E-state index contributed by atoms with van der Waals surface area (Å²) in [4.78, 5) is 4.19. The van der Waals surface area contributed by atoms with E-state index in [2.05, 4.69) is 22.7 Å². The highest BCUT2D eigenvalue weighted by Crippen LogP contribution is 2.34. The molecule has 0 saturated carbocycles. The van der Waals surface area contributed by atoms with Crippen LogP contribution in [0.2, 0.25) is 0 Å². The number of aromatic nitrogens is 2. The average molecular weight is 198 g/mol. The summed E-state index contributed by atoms with van der Waals surface area (Å²) in [5.74, 6) is 1.04. The van der Waals surface area contributed by atoms with Crippen molar-refractivity contribution in [1.82, 2.24) is 9.55 Å². The molecule has 1 aromatic heterocycles. The number of imidazole rings is 1. The number of rotatable bonds is 2. The van der Waals surface area contributed by atoms with Crippen molar-refractivity contribution in [1.29, 1.82) is 0 Å². The molecule has 13 heavy (non-hydrogen) atoms. The molecule has 0 bridgehead atoms. The lowest BCUT2D eigenvalue weighted by molar-refractivity contribution is -0.0261. The van der Waals surface area contributed by atoms with Gasteiger partial charge in [-0.25, -0.2) is 4.98 Å². The molecular weight excluding hydrogens is 184 g/mol. The standard InChI is InChI=1S/C9H14N2OS/c1-3-9(13-2)7-11-5-4-10-8(11)6-12-9/h4-5H,3,6-7H2,1-2H3. The predicted octanol–water partition coefficient (Wildman–Crippen LogP) is 1.88. The van der Waals surface area contributed by atoms with Gasteiger partial charge in [0, 0.05) is 12.4 Å².